The molecule has 0 fully saturated rings. The van der Waals surface area contributed by atoms with E-state index in [1.807, 2.05) is 6.92 Å². The van der Waals surface area contributed by atoms with Crippen LogP contribution in [0, 0.1) is 12.3 Å². The van der Waals surface area contributed by atoms with E-state index >= 15 is 0 Å². The number of aliphatic imine (C=N–C) groups is 2. The summed E-state index contributed by atoms with van der Waals surface area (Å²) < 4.78 is 0. The molecule has 0 N–H and O–H groups in total. The molecule has 0 bridgehead atoms. The van der Waals surface area contributed by atoms with Gasteiger partial charge >= 0.3 is 0 Å². The van der Waals surface area contributed by atoms with Gasteiger partial charge in [-0.25, -0.2) is 9.59 Å². The first-order valence-corrected chi connectivity index (χ1v) is 7.24. The molecule has 5 heteroatoms. The number of ketones is 1. The Morgan fingerprint density at radius 1 is 1.04 bits per heavy atom. The summed E-state index contributed by atoms with van der Waals surface area (Å²) in [7, 11) is 0. The summed E-state index contributed by atoms with van der Waals surface area (Å²) in [5, 5.41) is 0. The zero-order valence-electron chi connectivity index (χ0n) is 13.8. The van der Waals surface area contributed by atoms with Gasteiger partial charge in [-0.3, -0.25) is 4.79 Å². The largest absolute Gasteiger partial charge is 0.295 e. The van der Waals surface area contributed by atoms with Crippen molar-refractivity contribution in [1.29, 1.82) is 0 Å². The average molecular weight is 312 g/mol. The summed E-state index contributed by atoms with van der Waals surface area (Å²) in [4.78, 5) is 37.8. The van der Waals surface area contributed by atoms with Gasteiger partial charge in [0.1, 0.15) is 0 Å². The molecule has 0 unspecified atom stereocenters. The van der Waals surface area contributed by atoms with Crippen molar-refractivity contribution in [3.05, 3.63) is 35.4 Å². The van der Waals surface area contributed by atoms with Crippen LogP contribution in [0.5, 0.6) is 0 Å². The molecule has 2 rings (SSSR count). The third-order valence-electron chi connectivity index (χ3n) is 3.35. The number of hydrogen-bond donors (Lipinski definition) is 0. The van der Waals surface area contributed by atoms with Gasteiger partial charge in [-0.15, -0.1) is 0 Å². The lowest BCUT2D eigenvalue weighted by molar-refractivity contribution is -0.117. The van der Waals surface area contributed by atoms with E-state index in [9.17, 15) is 14.4 Å². The molecule has 0 radical (unpaired) electrons. The van der Waals surface area contributed by atoms with E-state index in [-0.39, 0.29) is 11.2 Å². The number of hydrogen-bond acceptors (Lipinski definition) is 5. The monoisotopic (exact) mass is 312 g/mol. The summed E-state index contributed by atoms with van der Waals surface area (Å²) >= 11 is 0. The molecule has 5 nitrogen and oxygen atoms in total. The van der Waals surface area contributed by atoms with Gasteiger partial charge in [0.25, 0.3) is 0 Å². The van der Waals surface area contributed by atoms with E-state index in [1.54, 1.807) is 25.1 Å². The Hall–Kier alpha value is -2.61. The lowest BCUT2D eigenvalue weighted by atomic mass is 9.77. The van der Waals surface area contributed by atoms with Crippen LogP contribution in [0.15, 0.2) is 39.8 Å². The summed E-state index contributed by atoms with van der Waals surface area (Å²) in [5.74, 6) is 0.286. The topological polar surface area (TPSA) is 75.9 Å². The fraction of sp³-hybridized carbons (Fsp3) is 0.389. The number of aryl methyl sites for hydroxylation is 1. The van der Waals surface area contributed by atoms with Crippen LogP contribution < -0.4 is 0 Å². The van der Waals surface area contributed by atoms with Crippen LogP contribution in [0.2, 0.25) is 0 Å². The lowest BCUT2D eigenvalue weighted by Crippen LogP contribution is -2.20. The predicted octanol–water partition coefficient (Wildman–Crippen LogP) is 4.25. The van der Waals surface area contributed by atoms with Crippen molar-refractivity contribution in [2.24, 2.45) is 15.4 Å². The molecule has 0 atom stereocenters. The van der Waals surface area contributed by atoms with Crippen molar-refractivity contribution in [1.82, 2.24) is 0 Å². The Morgan fingerprint density at radius 2 is 1.70 bits per heavy atom. The Morgan fingerprint density at radius 3 is 2.22 bits per heavy atom. The number of isocyanates is 2. The van der Waals surface area contributed by atoms with Gasteiger partial charge in [-0.2, -0.15) is 9.98 Å². The van der Waals surface area contributed by atoms with Crippen LogP contribution in [-0.4, -0.2) is 17.9 Å². The highest BCUT2D eigenvalue weighted by Gasteiger charge is 2.25. The van der Waals surface area contributed by atoms with Crippen molar-refractivity contribution < 1.29 is 14.4 Å². The Bertz CT molecular complexity index is 720. The smallest absolute Gasteiger partial charge is 0.240 e. The summed E-state index contributed by atoms with van der Waals surface area (Å²) in [6, 6.07) is 4.88. The summed E-state index contributed by atoms with van der Waals surface area (Å²) in [6.45, 7) is 8.10. The number of rotatable bonds is 2. The second kappa shape index (κ2) is 8.14. The highest BCUT2D eigenvalue weighted by molar-refractivity contribution is 5.91. The summed E-state index contributed by atoms with van der Waals surface area (Å²) in [6.07, 6.45) is 6.39. The number of allylic oxidation sites excluding steroid dienone is 2. The molecule has 1 aliphatic rings. The van der Waals surface area contributed by atoms with Crippen LogP contribution in [0.25, 0.3) is 0 Å². The number of carbonyl (C=O) groups excluding carboxylic acids is 3. The van der Waals surface area contributed by atoms with Crippen molar-refractivity contribution in [3.63, 3.8) is 0 Å². The quantitative estimate of drug-likeness (QED) is 0.605. The molecule has 0 aliphatic heterocycles. The van der Waals surface area contributed by atoms with Gasteiger partial charge in [0.05, 0.1) is 11.4 Å². The number of nitrogens with zero attached hydrogens (tertiary/aromatic N) is 2. The zero-order valence-corrected chi connectivity index (χ0v) is 13.8. The van der Waals surface area contributed by atoms with Gasteiger partial charge in [-0.05, 0) is 49.5 Å². The Kier molecular flexibility index (Phi) is 6.52. The molecule has 0 spiro atoms. The van der Waals surface area contributed by atoms with E-state index < -0.39 is 0 Å². The second-order valence-electron chi connectivity index (χ2n) is 6.35. The third kappa shape index (κ3) is 6.35. The normalized spacial score (nSPS) is 15.3. The van der Waals surface area contributed by atoms with Gasteiger partial charge in [0.2, 0.25) is 12.2 Å². The van der Waals surface area contributed by atoms with Crippen LogP contribution >= 0.6 is 0 Å². The van der Waals surface area contributed by atoms with Crippen molar-refractivity contribution in [3.8, 4) is 0 Å². The molecule has 0 saturated carbocycles. The predicted molar refractivity (Wildman–Crippen MR) is 88.5 cm³/mol. The lowest BCUT2D eigenvalue weighted by Gasteiger charge is -2.27. The van der Waals surface area contributed by atoms with Crippen LogP contribution in [0.1, 0.15) is 39.2 Å². The highest BCUT2D eigenvalue weighted by atomic mass is 16.1. The minimum Gasteiger partial charge on any atom is -0.295 e. The zero-order chi connectivity index (χ0) is 17.5. The van der Waals surface area contributed by atoms with Crippen molar-refractivity contribution in [2.45, 2.75) is 40.5 Å². The molecular weight excluding hydrogens is 292 g/mol. The van der Waals surface area contributed by atoms with E-state index in [1.165, 1.54) is 23.8 Å². The molecule has 0 heterocycles. The first kappa shape index (κ1) is 18.4. The van der Waals surface area contributed by atoms with Crippen LogP contribution in [0.4, 0.5) is 11.4 Å². The molecule has 120 valence electrons. The van der Waals surface area contributed by atoms with E-state index in [4.69, 9.17) is 0 Å². The third-order valence-corrected chi connectivity index (χ3v) is 3.35. The molecule has 0 amide bonds. The SMILES string of the molecule is CC1=CC(=O)CC(C)(C)C1.Cc1ccc(N=C=O)cc1N=C=O. The van der Waals surface area contributed by atoms with Gasteiger partial charge in [-0.1, -0.05) is 25.5 Å². The van der Waals surface area contributed by atoms with E-state index in [2.05, 4.69) is 23.8 Å². The molecule has 1 aromatic carbocycles. The van der Waals surface area contributed by atoms with Gasteiger partial charge < -0.3 is 0 Å². The number of benzene rings is 1. The average Bonchev–Trinajstić information content (AvgIpc) is 2.41. The fourth-order valence-electron chi connectivity index (χ4n) is 2.56. The Labute approximate surface area is 135 Å². The molecule has 1 aliphatic carbocycles. The first-order valence-electron chi connectivity index (χ1n) is 7.24. The maximum absolute atomic E-state index is 11.0. The van der Waals surface area contributed by atoms with E-state index in [0.717, 1.165) is 12.0 Å². The molecule has 23 heavy (non-hydrogen) atoms. The minimum absolute atomic E-state index is 0.204. The van der Waals surface area contributed by atoms with Crippen molar-refractivity contribution >= 4 is 29.3 Å². The Balaban J connectivity index is 0.000000238. The van der Waals surface area contributed by atoms with E-state index in [0.29, 0.717) is 17.8 Å². The molecule has 0 saturated heterocycles. The molecular formula is C18H20N2O3. The fourth-order valence-corrected chi connectivity index (χ4v) is 2.56. The standard InChI is InChI=1S/C9H6N2O2.C9H14O/c1-7-2-3-8(10-5-12)4-9(7)11-6-13;1-7-4-8(10)6-9(2,3)5-7/h2-4H,1H3;4H,5-6H2,1-3H3. The van der Waals surface area contributed by atoms with Crippen LogP contribution in [0.3, 0.4) is 0 Å². The van der Waals surface area contributed by atoms with Gasteiger partial charge in [0.15, 0.2) is 5.78 Å². The maximum atomic E-state index is 11.0. The van der Waals surface area contributed by atoms with Gasteiger partial charge in [0, 0.05) is 6.42 Å². The molecule has 0 aromatic heterocycles. The highest BCUT2D eigenvalue weighted by Crippen LogP contribution is 2.32. The first-order chi connectivity index (χ1) is 10.8. The maximum Gasteiger partial charge on any atom is 0.240 e. The second-order valence-corrected chi connectivity index (χ2v) is 6.35. The molecule has 1 aromatic rings. The van der Waals surface area contributed by atoms with Crippen molar-refractivity contribution in [2.75, 3.05) is 0 Å². The summed E-state index contributed by atoms with van der Waals surface area (Å²) in [5.41, 5.74) is 3.14. The minimum atomic E-state index is 0.204. The van der Waals surface area contributed by atoms with Crippen LogP contribution in [-0.2, 0) is 14.4 Å². The number of carbonyl (C=O) groups is 1.